The smallest absolute Gasteiger partial charge is 0.254 e. The zero-order valence-corrected chi connectivity index (χ0v) is 22.6. The number of hydrogen-bond donors (Lipinski definition) is 7. The fourth-order valence-electron chi connectivity index (χ4n) is 2.41. The zero-order valence-electron chi connectivity index (χ0n) is 16.1. The highest BCUT2D eigenvalue weighted by Gasteiger charge is 2.34. The number of halogens is 3. The van der Waals surface area contributed by atoms with Crippen LogP contribution in [-0.2, 0) is 14.4 Å². The summed E-state index contributed by atoms with van der Waals surface area (Å²) in [7, 11) is 0. The predicted octanol–water partition coefficient (Wildman–Crippen LogP) is -0.211. The van der Waals surface area contributed by atoms with Crippen LogP contribution in [0.2, 0.25) is 0 Å². The SMILES string of the molecule is CC(=O)Nc1c(I)c(NC(C)=O)c(I)c(C(=O)N[C@@H](C=O)[C@@H](O)[C@H](O)[C@H](O)CO)c1I. The van der Waals surface area contributed by atoms with Crippen molar-refractivity contribution in [3.63, 3.8) is 0 Å². The molecule has 1 aromatic rings. The van der Waals surface area contributed by atoms with Gasteiger partial charge in [-0.2, -0.15) is 0 Å². The molecule has 0 bridgehead atoms. The van der Waals surface area contributed by atoms with Crippen LogP contribution in [-0.4, -0.2) is 75.4 Å². The van der Waals surface area contributed by atoms with Gasteiger partial charge in [0.25, 0.3) is 5.91 Å². The van der Waals surface area contributed by atoms with E-state index in [-0.39, 0.29) is 23.2 Å². The Kier molecular flexibility index (Phi) is 11.5. The third kappa shape index (κ3) is 7.16. The second-order valence-corrected chi connectivity index (χ2v) is 9.53. The van der Waals surface area contributed by atoms with Crippen molar-refractivity contribution < 1.29 is 39.6 Å². The molecule has 0 aliphatic rings. The number of carbonyl (C=O) groups is 4. The number of hydrogen-bond acceptors (Lipinski definition) is 8. The van der Waals surface area contributed by atoms with E-state index in [0.29, 0.717) is 10.7 Å². The Hall–Kier alpha value is -0.670. The molecule has 11 nitrogen and oxygen atoms in total. The van der Waals surface area contributed by atoms with Crippen LogP contribution in [0, 0.1) is 10.7 Å². The van der Waals surface area contributed by atoms with E-state index in [1.807, 2.05) is 67.8 Å². The fourth-order valence-corrected chi connectivity index (χ4v) is 6.60. The normalized spacial score (nSPS) is 14.7. The molecule has 0 saturated carbocycles. The van der Waals surface area contributed by atoms with Crippen LogP contribution in [0.4, 0.5) is 11.4 Å². The molecule has 0 aliphatic carbocycles. The van der Waals surface area contributed by atoms with Gasteiger partial charge in [0.1, 0.15) is 30.6 Å². The first-order valence-corrected chi connectivity index (χ1v) is 11.8. The van der Waals surface area contributed by atoms with E-state index >= 15 is 0 Å². The van der Waals surface area contributed by atoms with Crippen molar-refractivity contribution in [3.05, 3.63) is 16.3 Å². The molecule has 1 aromatic carbocycles. The Morgan fingerprint density at radius 3 is 1.71 bits per heavy atom. The molecule has 0 unspecified atom stereocenters. The van der Waals surface area contributed by atoms with Gasteiger partial charge in [0.05, 0.1) is 34.3 Å². The molecule has 0 fully saturated rings. The average Bonchev–Trinajstić information content (AvgIpc) is 2.70. The van der Waals surface area contributed by atoms with E-state index in [2.05, 4.69) is 16.0 Å². The molecule has 0 saturated heterocycles. The molecule has 0 radical (unpaired) electrons. The minimum absolute atomic E-state index is 0.00497. The third-order valence-electron chi connectivity index (χ3n) is 3.89. The summed E-state index contributed by atoms with van der Waals surface area (Å²) in [5, 5.41) is 45.8. The highest BCUT2D eigenvalue weighted by Crippen LogP contribution is 2.39. The Morgan fingerprint density at radius 1 is 0.903 bits per heavy atom. The molecule has 14 heteroatoms. The molecule has 172 valence electrons. The van der Waals surface area contributed by atoms with Gasteiger partial charge in [-0.05, 0) is 67.8 Å². The van der Waals surface area contributed by atoms with Crippen LogP contribution in [0.5, 0.6) is 0 Å². The summed E-state index contributed by atoms with van der Waals surface area (Å²) in [6.07, 6.45) is -5.37. The summed E-state index contributed by atoms with van der Waals surface area (Å²) in [5.41, 5.74) is 0.536. The number of aldehydes is 1. The molecule has 7 N–H and O–H groups in total. The number of anilines is 2. The lowest BCUT2D eigenvalue weighted by Crippen LogP contribution is -2.53. The average molecular weight is 775 g/mol. The minimum atomic E-state index is -1.91. The number of rotatable bonds is 9. The highest BCUT2D eigenvalue weighted by molar-refractivity contribution is 14.1. The van der Waals surface area contributed by atoms with E-state index in [1.54, 1.807) is 0 Å². The lowest BCUT2D eigenvalue weighted by molar-refractivity contribution is -0.119. The van der Waals surface area contributed by atoms with Gasteiger partial charge in [-0.3, -0.25) is 14.4 Å². The maximum atomic E-state index is 13.0. The minimum Gasteiger partial charge on any atom is -0.394 e. The van der Waals surface area contributed by atoms with Crippen LogP contribution < -0.4 is 16.0 Å². The van der Waals surface area contributed by atoms with Gasteiger partial charge < -0.3 is 41.2 Å². The molecule has 0 heterocycles. The fraction of sp³-hybridized carbons (Fsp3) is 0.412. The first kappa shape index (κ1) is 28.4. The first-order chi connectivity index (χ1) is 14.4. The van der Waals surface area contributed by atoms with Crippen molar-refractivity contribution in [1.82, 2.24) is 5.32 Å². The van der Waals surface area contributed by atoms with Crippen molar-refractivity contribution >= 4 is 103 Å². The molecule has 0 spiro atoms. The summed E-state index contributed by atoms with van der Waals surface area (Å²) in [4.78, 5) is 47.7. The van der Waals surface area contributed by atoms with Gasteiger partial charge in [0.2, 0.25) is 11.8 Å². The molecule has 31 heavy (non-hydrogen) atoms. The third-order valence-corrected chi connectivity index (χ3v) is 7.13. The van der Waals surface area contributed by atoms with Crippen LogP contribution in [0.3, 0.4) is 0 Å². The Morgan fingerprint density at radius 2 is 1.35 bits per heavy atom. The van der Waals surface area contributed by atoms with Gasteiger partial charge >= 0.3 is 0 Å². The van der Waals surface area contributed by atoms with Crippen molar-refractivity contribution in [1.29, 1.82) is 0 Å². The van der Waals surface area contributed by atoms with Crippen LogP contribution >= 0.6 is 67.8 Å². The number of nitrogens with one attached hydrogen (secondary N) is 3. The maximum absolute atomic E-state index is 13.0. The summed E-state index contributed by atoms with van der Waals surface area (Å²) in [6, 6.07) is -1.62. The summed E-state index contributed by atoms with van der Waals surface area (Å²) in [5.74, 6) is -1.68. The van der Waals surface area contributed by atoms with Gasteiger partial charge in [0.15, 0.2) is 0 Å². The molecule has 3 amide bonds. The lowest BCUT2D eigenvalue weighted by atomic mass is 10.0. The Labute approximate surface area is 218 Å². The van der Waals surface area contributed by atoms with E-state index in [9.17, 15) is 34.5 Å². The second-order valence-electron chi connectivity index (χ2n) is 6.30. The number of aliphatic hydroxyl groups is 4. The van der Waals surface area contributed by atoms with Gasteiger partial charge in [0, 0.05) is 13.8 Å². The monoisotopic (exact) mass is 775 g/mol. The number of amides is 3. The van der Waals surface area contributed by atoms with Crippen LogP contribution in [0.15, 0.2) is 0 Å². The first-order valence-electron chi connectivity index (χ1n) is 8.54. The van der Waals surface area contributed by atoms with E-state index in [4.69, 9.17) is 5.11 Å². The number of aliphatic hydroxyl groups excluding tert-OH is 4. The molecule has 4 atom stereocenters. The van der Waals surface area contributed by atoms with E-state index < -0.39 is 48.7 Å². The Bertz CT molecular complexity index is 840. The molecule has 1 rings (SSSR count). The van der Waals surface area contributed by atoms with Gasteiger partial charge in [-0.25, -0.2) is 0 Å². The molecule has 0 aromatic heterocycles. The number of benzene rings is 1. The van der Waals surface area contributed by atoms with Crippen molar-refractivity contribution in [2.24, 2.45) is 0 Å². The lowest BCUT2D eigenvalue weighted by Gasteiger charge is -2.27. The van der Waals surface area contributed by atoms with Crippen molar-refractivity contribution in [2.75, 3.05) is 17.2 Å². The molecule has 0 aliphatic heterocycles. The summed E-state index contributed by atoms with van der Waals surface area (Å²) < 4.78 is 1.09. The molecular weight excluding hydrogens is 755 g/mol. The standard InChI is InChI=1S/C17H20I3N3O8/c1-5(26)21-13-10(18)9(11(19)14(12(13)20)22-6(2)27)17(31)23-7(3-24)15(29)16(30)8(28)4-25/h3,7-8,15-16,25,28-30H,4H2,1-2H3,(H,21,26)(H,22,27)(H,23,31)/t7-,8+,15+,16+/m0/s1. The predicted molar refractivity (Wildman–Crippen MR) is 136 cm³/mol. The molecular formula is C17H20I3N3O8. The maximum Gasteiger partial charge on any atom is 0.254 e. The second kappa shape index (κ2) is 12.5. The zero-order chi connectivity index (χ0) is 24.0. The van der Waals surface area contributed by atoms with Crippen LogP contribution in [0.1, 0.15) is 24.2 Å². The highest BCUT2D eigenvalue weighted by atomic mass is 127. The van der Waals surface area contributed by atoms with E-state index in [0.717, 1.165) is 0 Å². The quantitative estimate of drug-likeness (QED) is 0.133. The Balaban J connectivity index is 3.47. The van der Waals surface area contributed by atoms with Gasteiger partial charge in [-0.15, -0.1) is 0 Å². The van der Waals surface area contributed by atoms with E-state index in [1.165, 1.54) is 13.8 Å². The largest absolute Gasteiger partial charge is 0.394 e. The van der Waals surface area contributed by atoms with Crippen molar-refractivity contribution in [2.45, 2.75) is 38.2 Å². The topological polar surface area (TPSA) is 185 Å². The van der Waals surface area contributed by atoms with Crippen molar-refractivity contribution in [3.8, 4) is 0 Å². The summed E-state index contributed by atoms with van der Waals surface area (Å²) >= 11 is 5.56. The number of carbonyl (C=O) groups excluding carboxylic acids is 4. The van der Waals surface area contributed by atoms with Crippen LogP contribution in [0.25, 0.3) is 0 Å². The van der Waals surface area contributed by atoms with Gasteiger partial charge in [-0.1, -0.05) is 0 Å². The summed E-state index contributed by atoms with van der Waals surface area (Å²) in [6.45, 7) is 1.67.